The quantitative estimate of drug-likeness (QED) is 0.204. The number of anilines is 1. The number of hydrogen-bond donors (Lipinski definition) is 7. The van der Waals surface area contributed by atoms with Crippen LogP contribution < -0.4 is 11.1 Å². The first-order valence-corrected chi connectivity index (χ1v) is 12.5. The lowest BCUT2D eigenvalue weighted by molar-refractivity contribution is -0.162. The van der Waals surface area contributed by atoms with Gasteiger partial charge in [0.05, 0.1) is 29.3 Å². The van der Waals surface area contributed by atoms with Crippen LogP contribution in [-0.2, 0) is 14.3 Å². The van der Waals surface area contributed by atoms with E-state index >= 15 is 0 Å². The second-order valence-corrected chi connectivity index (χ2v) is 11.6. The third-order valence-electron chi connectivity index (χ3n) is 7.77. The first-order valence-electron chi connectivity index (χ1n) is 12.5. The molecule has 0 aromatic heterocycles. The van der Waals surface area contributed by atoms with E-state index in [9.17, 15) is 44.7 Å². The Morgan fingerprint density at radius 2 is 1.73 bits per heavy atom. The summed E-state index contributed by atoms with van der Waals surface area (Å²) in [5.41, 5.74) is -0.297. The van der Waals surface area contributed by atoms with Crippen LogP contribution in [0.2, 0.25) is 0 Å². The molecule has 0 heterocycles. The molecule has 13 nitrogen and oxygen atoms in total. The molecule has 0 radical (unpaired) electrons. The Morgan fingerprint density at radius 1 is 1.12 bits per heavy atom. The van der Waals surface area contributed by atoms with E-state index in [0.717, 1.165) is 0 Å². The maximum Gasteiger partial charge on any atom is 0.412 e. The summed E-state index contributed by atoms with van der Waals surface area (Å²) in [4.78, 5) is 53.0. The zero-order chi connectivity index (χ0) is 30.2. The molecule has 0 fully saturated rings. The van der Waals surface area contributed by atoms with Gasteiger partial charge in [-0.15, -0.1) is 0 Å². The minimum absolute atomic E-state index is 0.176. The molecule has 1 aromatic carbocycles. The van der Waals surface area contributed by atoms with Gasteiger partial charge in [-0.05, 0) is 52.4 Å². The van der Waals surface area contributed by atoms with E-state index in [1.54, 1.807) is 27.7 Å². The van der Waals surface area contributed by atoms with Crippen molar-refractivity contribution in [3.63, 3.8) is 0 Å². The van der Waals surface area contributed by atoms with Crippen molar-refractivity contribution in [1.82, 2.24) is 4.90 Å². The molecule has 0 spiro atoms. The minimum atomic E-state index is -3.01. The van der Waals surface area contributed by atoms with E-state index in [2.05, 4.69) is 5.32 Å². The van der Waals surface area contributed by atoms with Crippen LogP contribution in [-0.4, -0.2) is 91.4 Å². The van der Waals surface area contributed by atoms with Crippen molar-refractivity contribution < 1.29 is 49.4 Å². The Labute approximate surface area is 229 Å². The molecule has 216 valence electrons. The van der Waals surface area contributed by atoms with Gasteiger partial charge in [-0.2, -0.15) is 0 Å². The van der Waals surface area contributed by atoms with Crippen LogP contribution in [0, 0.1) is 11.8 Å². The maximum atomic E-state index is 13.8. The number of phenols is 1. The van der Waals surface area contributed by atoms with Crippen molar-refractivity contribution in [2.75, 3.05) is 19.4 Å². The minimum Gasteiger partial charge on any atom is -0.510 e. The van der Waals surface area contributed by atoms with Gasteiger partial charge >= 0.3 is 6.09 Å². The number of nitrogens with zero attached hydrogens (tertiary/aromatic N) is 1. The number of aliphatic hydroxyl groups is 4. The molecule has 0 saturated carbocycles. The number of fused-ring (bicyclic) bond motifs is 3. The lowest BCUT2D eigenvalue weighted by Crippen LogP contribution is -2.68. The highest BCUT2D eigenvalue weighted by molar-refractivity contribution is 6.25. The summed E-state index contributed by atoms with van der Waals surface area (Å²) in [5, 5.41) is 58.9. The number of amides is 2. The molecule has 8 N–H and O–H groups in total. The van der Waals surface area contributed by atoms with Crippen LogP contribution in [0.1, 0.15) is 49.5 Å². The molecule has 6 atom stereocenters. The highest BCUT2D eigenvalue weighted by atomic mass is 16.6. The molecule has 4 rings (SSSR count). The fourth-order valence-electron chi connectivity index (χ4n) is 6.14. The standard InChI is InChI=1S/C27H33N3O10/c1-9-10-7-8-11(29-25(38)40-26(2,3)4)18(31)13(10)19(32)14-12(9)20(33)16-17(30(5)6)21(34)15(24(28)37)23(36)27(16,39)22(14)35/h7-9,12,16-17,20,31,33-35,39H,1-6H3,(H2,28,37)(H,29,38). The first-order chi connectivity index (χ1) is 18.4. The summed E-state index contributed by atoms with van der Waals surface area (Å²) >= 11 is 0. The number of benzene rings is 1. The number of primary amides is 1. The van der Waals surface area contributed by atoms with Gasteiger partial charge in [-0.25, -0.2) is 4.79 Å². The number of aliphatic hydroxyl groups excluding tert-OH is 3. The van der Waals surface area contributed by atoms with E-state index in [4.69, 9.17) is 10.5 Å². The van der Waals surface area contributed by atoms with Crippen molar-refractivity contribution in [2.24, 2.45) is 17.6 Å². The van der Waals surface area contributed by atoms with Crippen molar-refractivity contribution >= 4 is 29.3 Å². The Kier molecular flexibility index (Phi) is 6.77. The van der Waals surface area contributed by atoms with Gasteiger partial charge in [0.15, 0.2) is 17.1 Å². The van der Waals surface area contributed by atoms with Gasteiger partial charge < -0.3 is 36.0 Å². The van der Waals surface area contributed by atoms with E-state index in [1.165, 1.54) is 31.1 Å². The van der Waals surface area contributed by atoms with Crippen LogP contribution in [0.15, 0.2) is 34.8 Å². The highest BCUT2D eigenvalue weighted by Gasteiger charge is 2.67. The van der Waals surface area contributed by atoms with Crippen LogP contribution in [0.3, 0.4) is 0 Å². The average molecular weight is 560 g/mol. The topological polar surface area (TPSA) is 220 Å². The van der Waals surface area contributed by atoms with E-state index < -0.39 is 93.1 Å². The number of rotatable bonds is 3. The monoisotopic (exact) mass is 559 g/mol. The fraction of sp³-hybridized carbons (Fsp3) is 0.481. The molecule has 2 amide bonds. The number of ether oxygens (including phenoxy) is 1. The number of ketones is 2. The van der Waals surface area contributed by atoms with Gasteiger partial charge in [-0.1, -0.05) is 13.0 Å². The third kappa shape index (κ3) is 4.03. The molecule has 0 bridgehead atoms. The average Bonchev–Trinajstić information content (AvgIpc) is 2.81. The molecule has 0 saturated heterocycles. The number of carbonyl (C=O) groups is 4. The SMILES string of the molecule is CC1c2ccc(NC(=O)OC(C)(C)C)c(O)c2C(=O)C2=C(O)C3(O)C(=O)C(C(N)=O)=C(O)C(N(C)C)C3C(O)C21. The number of nitrogens with one attached hydrogen (secondary N) is 1. The summed E-state index contributed by atoms with van der Waals surface area (Å²) in [6.45, 7) is 6.52. The van der Waals surface area contributed by atoms with Gasteiger partial charge in [0, 0.05) is 11.5 Å². The first kappa shape index (κ1) is 29.1. The summed E-state index contributed by atoms with van der Waals surface area (Å²) in [5.74, 6) is -9.98. The summed E-state index contributed by atoms with van der Waals surface area (Å²) in [7, 11) is 2.92. The Bertz CT molecular complexity index is 1410. The van der Waals surface area contributed by atoms with Crippen LogP contribution in [0.4, 0.5) is 10.5 Å². The van der Waals surface area contributed by atoms with Gasteiger partial charge in [-0.3, -0.25) is 24.6 Å². The second-order valence-electron chi connectivity index (χ2n) is 11.6. The zero-order valence-corrected chi connectivity index (χ0v) is 22.8. The molecule has 3 aliphatic carbocycles. The third-order valence-corrected chi connectivity index (χ3v) is 7.77. The van der Waals surface area contributed by atoms with Crippen LogP contribution in [0.25, 0.3) is 0 Å². The maximum absolute atomic E-state index is 13.8. The number of aromatic hydroxyl groups is 1. The number of carbonyl (C=O) groups excluding carboxylic acids is 4. The number of phenolic OH excluding ortho intramolecular Hbond substituents is 1. The number of Topliss-reactive ketones (excluding diaryl/α,β-unsaturated/α-hetero) is 2. The Hall–Kier alpha value is -3.94. The molecule has 13 heteroatoms. The predicted octanol–water partition coefficient (Wildman–Crippen LogP) is 0.999. The normalized spacial score (nSPS) is 30.1. The fourth-order valence-corrected chi connectivity index (χ4v) is 6.14. The van der Waals surface area contributed by atoms with Gasteiger partial charge in [0.2, 0.25) is 5.78 Å². The van der Waals surface area contributed by atoms with E-state index in [1.807, 2.05) is 0 Å². The van der Waals surface area contributed by atoms with Gasteiger partial charge in [0.1, 0.15) is 22.7 Å². The number of nitrogens with two attached hydrogens (primary N) is 1. The van der Waals surface area contributed by atoms with Crippen LogP contribution in [0.5, 0.6) is 5.75 Å². The molecule has 0 aliphatic heterocycles. The molecule has 1 aromatic rings. The number of likely N-dealkylation sites (N-methyl/N-ethyl adjacent to an activating group) is 1. The van der Waals surface area contributed by atoms with Gasteiger partial charge in [0.25, 0.3) is 5.91 Å². The van der Waals surface area contributed by atoms with Crippen molar-refractivity contribution in [3.05, 3.63) is 45.9 Å². The van der Waals surface area contributed by atoms with Crippen molar-refractivity contribution in [1.29, 1.82) is 0 Å². The Morgan fingerprint density at radius 3 is 2.25 bits per heavy atom. The van der Waals surface area contributed by atoms with Crippen LogP contribution >= 0.6 is 0 Å². The highest BCUT2D eigenvalue weighted by Crippen LogP contribution is 2.56. The summed E-state index contributed by atoms with van der Waals surface area (Å²) in [6, 6.07) is 1.47. The molecule has 40 heavy (non-hydrogen) atoms. The summed E-state index contributed by atoms with van der Waals surface area (Å²) < 4.78 is 5.19. The second kappa shape index (κ2) is 9.32. The Balaban J connectivity index is 1.92. The zero-order valence-electron chi connectivity index (χ0n) is 22.8. The lowest BCUT2D eigenvalue weighted by Gasteiger charge is -2.53. The lowest BCUT2D eigenvalue weighted by atomic mass is 9.55. The smallest absolute Gasteiger partial charge is 0.412 e. The summed E-state index contributed by atoms with van der Waals surface area (Å²) in [6.07, 6.45) is -2.60. The van der Waals surface area contributed by atoms with E-state index in [-0.39, 0.29) is 16.8 Å². The largest absolute Gasteiger partial charge is 0.510 e. The molecular formula is C27H33N3O10. The number of hydrogen-bond acceptors (Lipinski definition) is 11. The molecule has 6 unspecified atom stereocenters. The molecular weight excluding hydrogens is 526 g/mol. The molecule has 3 aliphatic rings. The van der Waals surface area contributed by atoms with Crippen molar-refractivity contribution in [3.8, 4) is 5.75 Å². The predicted molar refractivity (Wildman–Crippen MR) is 140 cm³/mol. The van der Waals surface area contributed by atoms with Crippen molar-refractivity contribution in [2.45, 2.75) is 57.0 Å². The van der Waals surface area contributed by atoms with E-state index in [0.29, 0.717) is 0 Å².